The van der Waals surface area contributed by atoms with Crippen molar-refractivity contribution in [3.05, 3.63) is 11.6 Å². The van der Waals surface area contributed by atoms with E-state index in [9.17, 15) is 15.0 Å². The van der Waals surface area contributed by atoms with Crippen LogP contribution in [0.3, 0.4) is 0 Å². The van der Waals surface area contributed by atoms with Gasteiger partial charge < -0.3 is 10.2 Å². The Bertz CT molecular complexity index is 580. The molecule has 24 heavy (non-hydrogen) atoms. The third-order valence-electron chi connectivity index (χ3n) is 8.55. The summed E-state index contributed by atoms with van der Waals surface area (Å²) in [6, 6.07) is 0. The number of carbonyl (C=O) groups is 1. The van der Waals surface area contributed by atoms with Crippen LogP contribution in [0.15, 0.2) is 11.6 Å². The SMILES string of the molecule is CC(O)[C@H]1CC[C@H]2C3CCC4=CC(=O)CC[C@]4(C)[C@H]3[C@@H](O)C[C@]12C. The summed E-state index contributed by atoms with van der Waals surface area (Å²) in [5.74, 6) is 2.03. The highest BCUT2D eigenvalue weighted by molar-refractivity contribution is 5.91. The number of aliphatic hydroxyl groups excluding tert-OH is 2. The van der Waals surface area contributed by atoms with Crippen LogP contribution in [0, 0.1) is 34.5 Å². The van der Waals surface area contributed by atoms with E-state index in [1.165, 1.54) is 12.0 Å². The Kier molecular flexibility index (Phi) is 3.78. The van der Waals surface area contributed by atoms with E-state index in [1.54, 1.807) is 0 Å². The van der Waals surface area contributed by atoms with Gasteiger partial charge in [0.25, 0.3) is 0 Å². The van der Waals surface area contributed by atoms with Gasteiger partial charge >= 0.3 is 0 Å². The molecule has 4 aliphatic carbocycles. The van der Waals surface area contributed by atoms with Crippen LogP contribution in [0.2, 0.25) is 0 Å². The van der Waals surface area contributed by atoms with Crippen molar-refractivity contribution < 1.29 is 15.0 Å². The predicted molar refractivity (Wildman–Crippen MR) is 93.3 cm³/mol. The Hall–Kier alpha value is -0.670. The lowest BCUT2D eigenvalue weighted by Gasteiger charge is -2.60. The molecule has 0 aliphatic heterocycles. The van der Waals surface area contributed by atoms with Crippen LogP contribution in [-0.2, 0) is 4.79 Å². The van der Waals surface area contributed by atoms with E-state index < -0.39 is 0 Å². The predicted octanol–water partition coefficient (Wildman–Crippen LogP) is 3.49. The van der Waals surface area contributed by atoms with Crippen molar-refractivity contribution in [2.75, 3.05) is 0 Å². The van der Waals surface area contributed by atoms with Crippen LogP contribution in [0.4, 0.5) is 0 Å². The Balaban J connectivity index is 1.71. The molecule has 3 heteroatoms. The molecule has 8 atom stereocenters. The zero-order chi connectivity index (χ0) is 17.3. The Labute approximate surface area is 145 Å². The quantitative estimate of drug-likeness (QED) is 0.773. The highest BCUT2D eigenvalue weighted by Gasteiger charge is 2.62. The molecule has 3 saturated carbocycles. The lowest BCUT2D eigenvalue weighted by Crippen LogP contribution is -2.57. The molecule has 4 aliphatic rings. The summed E-state index contributed by atoms with van der Waals surface area (Å²) in [6.45, 7) is 6.54. The molecule has 2 unspecified atom stereocenters. The van der Waals surface area contributed by atoms with Gasteiger partial charge in [-0.15, -0.1) is 0 Å². The molecule has 0 spiro atoms. The molecule has 0 aromatic rings. The topological polar surface area (TPSA) is 57.5 Å². The molecule has 0 heterocycles. The van der Waals surface area contributed by atoms with Crippen molar-refractivity contribution >= 4 is 5.78 Å². The van der Waals surface area contributed by atoms with Gasteiger partial charge in [-0.05, 0) is 86.0 Å². The van der Waals surface area contributed by atoms with E-state index >= 15 is 0 Å². The van der Waals surface area contributed by atoms with Gasteiger partial charge in [-0.25, -0.2) is 0 Å². The molecular weight excluding hydrogens is 300 g/mol. The van der Waals surface area contributed by atoms with Gasteiger partial charge in [0.05, 0.1) is 12.2 Å². The lowest BCUT2D eigenvalue weighted by atomic mass is 9.46. The molecule has 0 saturated heterocycles. The maximum atomic E-state index is 11.9. The van der Waals surface area contributed by atoms with E-state index in [-0.39, 0.29) is 34.7 Å². The Morgan fingerprint density at radius 1 is 1.21 bits per heavy atom. The van der Waals surface area contributed by atoms with E-state index in [1.807, 2.05) is 13.0 Å². The van der Waals surface area contributed by atoms with Crippen molar-refractivity contribution in [2.24, 2.45) is 34.5 Å². The number of aliphatic hydroxyl groups is 2. The number of carbonyl (C=O) groups excluding carboxylic acids is 1. The van der Waals surface area contributed by atoms with Crippen LogP contribution >= 0.6 is 0 Å². The number of hydrogen-bond acceptors (Lipinski definition) is 3. The molecule has 3 nitrogen and oxygen atoms in total. The van der Waals surface area contributed by atoms with Gasteiger partial charge in [0.1, 0.15) is 0 Å². The second-order valence-electron chi connectivity index (χ2n) is 9.59. The molecule has 0 radical (unpaired) electrons. The van der Waals surface area contributed by atoms with Gasteiger partial charge in [0.2, 0.25) is 0 Å². The molecule has 3 fully saturated rings. The van der Waals surface area contributed by atoms with Gasteiger partial charge in [0, 0.05) is 6.42 Å². The number of allylic oxidation sites excluding steroid dienone is 1. The maximum Gasteiger partial charge on any atom is 0.155 e. The van der Waals surface area contributed by atoms with Gasteiger partial charge in [-0.3, -0.25) is 4.79 Å². The smallest absolute Gasteiger partial charge is 0.155 e. The zero-order valence-electron chi connectivity index (χ0n) is 15.3. The lowest BCUT2D eigenvalue weighted by molar-refractivity contribution is -0.140. The van der Waals surface area contributed by atoms with Crippen LogP contribution in [0.25, 0.3) is 0 Å². The second-order valence-corrected chi connectivity index (χ2v) is 9.59. The average Bonchev–Trinajstić information content (AvgIpc) is 2.84. The number of ketones is 1. The molecule has 0 bridgehead atoms. The van der Waals surface area contributed by atoms with Crippen molar-refractivity contribution in [2.45, 2.75) is 77.9 Å². The number of hydrogen-bond donors (Lipinski definition) is 2. The molecule has 4 rings (SSSR count). The first kappa shape index (κ1) is 16.8. The van der Waals surface area contributed by atoms with Crippen molar-refractivity contribution in [3.63, 3.8) is 0 Å². The second kappa shape index (κ2) is 5.41. The van der Waals surface area contributed by atoms with Gasteiger partial charge in [-0.1, -0.05) is 19.4 Å². The highest BCUT2D eigenvalue weighted by Crippen LogP contribution is 2.66. The minimum absolute atomic E-state index is 0.000487. The summed E-state index contributed by atoms with van der Waals surface area (Å²) in [6.07, 6.45) is 8.04. The summed E-state index contributed by atoms with van der Waals surface area (Å²) < 4.78 is 0. The van der Waals surface area contributed by atoms with Crippen molar-refractivity contribution in [3.8, 4) is 0 Å². The Morgan fingerprint density at radius 2 is 1.96 bits per heavy atom. The van der Waals surface area contributed by atoms with Gasteiger partial charge in [-0.2, -0.15) is 0 Å². The first-order valence-electron chi connectivity index (χ1n) is 9.87. The standard InChI is InChI=1S/C21H32O3/c1-12(22)16-6-7-17-15-5-4-13-10-14(23)8-9-20(13,2)19(15)18(24)11-21(16,17)3/h10,12,15-19,22,24H,4-9,11H2,1-3H3/t12?,15?,16-,17+,18+,19-,20+,21-/m1/s1. The van der Waals surface area contributed by atoms with Crippen LogP contribution in [0.1, 0.15) is 65.7 Å². The monoisotopic (exact) mass is 332 g/mol. The van der Waals surface area contributed by atoms with Crippen molar-refractivity contribution in [1.82, 2.24) is 0 Å². The molecular formula is C21H32O3. The first-order valence-corrected chi connectivity index (χ1v) is 9.87. The Morgan fingerprint density at radius 3 is 2.67 bits per heavy atom. The molecule has 0 aromatic carbocycles. The first-order chi connectivity index (χ1) is 11.3. The van der Waals surface area contributed by atoms with E-state index in [4.69, 9.17) is 0 Å². The maximum absolute atomic E-state index is 11.9. The summed E-state index contributed by atoms with van der Waals surface area (Å²) >= 11 is 0. The summed E-state index contributed by atoms with van der Waals surface area (Å²) in [5, 5.41) is 21.5. The van der Waals surface area contributed by atoms with E-state index in [0.717, 1.165) is 32.1 Å². The fraction of sp³-hybridized carbons (Fsp3) is 0.857. The van der Waals surface area contributed by atoms with Gasteiger partial charge in [0.15, 0.2) is 5.78 Å². The summed E-state index contributed by atoms with van der Waals surface area (Å²) in [4.78, 5) is 11.9. The fourth-order valence-corrected chi connectivity index (χ4v) is 7.52. The molecule has 0 aromatic heterocycles. The average molecular weight is 332 g/mol. The zero-order valence-corrected chi connectivity index (χ0v) is 15.3. The normalized spacial score (nSPS) is 52.1. The molecule has 0 amide bonds. The minimum atomic E-state index is -0.308. The van der Waals surface area contributed by atoms with Crippen LogP contribution in [0.5, 0.6) is 0 Å². The van der Waals surface area contributed by atoms with Crippen LogP contribution in [-0.4, -0.2) is 28.2 Å². The summed E-state index contributed by atoms with van der Waals surface area (Å²) in [5.41, 5.74) is 1.37. The molecule has 2 N–H and O–H groups in total. The largest absolute Gasteiger partial charge is 0.393 e. The van der Waals surface area contributed by atoms with E-state index in [0.29, 0.717) is 24.2 Å². The van der Waals surface area contributed by atoms with Crippen LogP contribution < -0.4 is 0 Å². The summed E-state index contributed by atoms with van der Waals surface area (Å²) in [7, 11) is 0. The highest BCUT2D eigenvalue weighted by atomic mass is 16.3. The van der Waals surface area contributed by atoms with Crippen molar-refractivity contribution in [1.29, 1.82) is 0 Å². The molecule has 134 valence electrons. The third kappa shape index (κ3) is 2.13. The van der Waals surface area contributed by atoms with E-state index in [2.05, 4.69) is 13.8 Å². The fourth-order valence-electron chi connectivity index (χ4n) is 7.52. The minimum Gasteiger partial charge on any atom is -0.393 e. The third-order valence-corrected chi connectivity index (χ3v) is 8.55. The number of fused-ring (bicyclic) bond motifs is 5. The number of rotatable bonds is 1.